The van der Waals surface area contributed by atoms with Gasteiger partial charge in [0, 0.05) is 25.4 Å². The Morgan fingerprint density at radius 2 is 1.71 bits per heavy atom. The molecule has 0 unspecified atom stereocenters. The predicted octanol–water partition coefficient (Wildman–Crippen LogP) is 3.12. The number of carbonyl (C=O) groups excluding carboxylic acids is 1. The molecular formula is C22H23N3O3. The first-order valence-corrected chi connectivity index (χ1v) is 9.33. The van der Waals surface area contributed by atoms with E-state index in [0.717, 1.165) is 5.56 Å². The van der Waals surface area contributed by atoms with Gasteiger partial charge in [-0.15, -0.1) is 0 Å². The highest BCUT2D eigenvalue weighted by molar-refractivity contribution is 5.82. The minimum absolute atomic E-state index is 0.113. The molecule has 2 atom stereocenters. The number of para-hydroxylation sites is 2. The summed E-state index contributed by atoms with van der Waals surface area (Å²) in [5.74, 6) is 1.16. The molecule has 1 amide bonds. The molecule has 1 aromatic heterocycles. The van der Waals surface area contributed by atoms with E-state index in [4.69, 9.17) is 9.47 Å². The Balaban J connectivity index is 1.40. The van der Waals surface area contributed by atoms with E-state index >= 15 is 0 Å². The van der Waals surface area contributed by atoms with E-state index in [1.807, 2.05) is 60.3 Å². The first kappa shape index (κ1) is 18.1. The molecule has 1 aliphatic rings. The van der Waals surface area contributed by atoms with Crippen LogP contribution in [0.5, 0.6) is 11.5 Å². The minimum Gasteiger partial charge on any atom is -0.482 e. The lowest BCUT2D eigenvalue weighted by Gasteiger charge is -2.33. The molecule has 2 aromatic carbocycles. The van der Waals surface area contributed by atoms with Crippen LogP contribution in [0.2, 0.25) is 0 Å². The van der Waals surface area contributed by atoms with Crippen LogP contribution < -0.4 is 9.47 Å². The number of fused-ring (bicyclic) bond motifs is 1. The van der Waals surface area contributed by atoms with Gasteiger partial charge in [0.05, 0.1) is 12.7 Å². The van der Waals surface area contributed by atoms with Crippen molar-refractivity contribution in [2.75, 3.05) is 7.05 Å². The van der Waals surface area contributed by atoms with Crippen LogP contribution >= 0.6 is 0 Å². The average Bonchev–Trinajstić information content (AvgIpc) is 3.14. The lowest BCUT2D eigenvalue weighted by molar-refractivity contribution is -0.143. The molecule has 0 radical (unpaired) electrons. The molecule has 0 saturated carbocycles. The van der Waals surface area contributed by atoms with Crippen LogP contribution in [0, 0.1) is 0 Å². The van der Waals surface area contributed by atoms with Gasteiger partial charge in [-0.1, -0.05) is 42.5 Å². The normalized spacial score (nSPS) is 17.9. The van der Waals surface area contributed by atoms with Crippen LogP contribution in [-0.2, 0) is 17.9 Å². The van der Waals surface area contributed by atoms with Crippen molar-refractivity contribution in [1.29, 1.82) is 0 Å². The lowest BCUT2D eigenvalue weighted by Crippen LogP contribution is -2.49. The van der Waals surface area contributed by atoms with Gasteiger partial charge in [0.2, 0.25) is 6.10 Å². The molecule has 0 N–H and O–H groups in total. The zero-order chi connectivity index (χ0) is 19.5. The van der Waals surface area contributed by atoms with Gasteiger partial charge in [0.25, 0.3) is 5.91 Å². The highest BCUT2D eigenvalue weighted by atomic mass is 16.6. The van der Waals surface area contributed by atoms with Gasteiger partial charge >= 0.3 is 0 Å². The number of amides is 1. The number of rotatable bonds is 5. The summed E-state index contributed by atoms with van der Waals surface area (Å²) in [5.41, 5.74) is 2.15. The fraction of sp³-hybridized carbons (Fsp3) is 0.273. The van der Waals surface area contributed by atoms with E-state index in [1.165, 1.54) is 5.56 Å². The number of likely N-dealkylation sites (N-methyl/N-ethyl adjacent to an activating group) is 1. The topological polar surface area (TPSA) is 56.6 Å². The summed E-state index contributed by atoms with van der Waals surface area (Å²) in [6, 6.07) is 17.6. The van der Waals surface area contributed by atoms with Gasteiger partial charge < -0.3 is 14.4 Å². The minimum atomic E-state index is -0.667. The van der Waals surface area contributed by atoms with Crippen molar-refractivity contribution in [3.63, 3.8) is 0 Å². The van der Waals surface area contributed by atoms with Crippen LogP contribution in [0.3, 0.4) is 0 Å². The molecule has 28 heavy (non-hydrogen) atoms. The number of hydrogen-bond donors (Lipinski definition) is 0. The highest BCUT2D eigenvalue weighted by Gasteiger charge is 2.35. The van der Waals surface area contributed by atoms with Crippen molar-refractivity contribution in [2.45, 2.75) is 32.2 Å². The summed E-state index contributed by atoms with van der Waals surface area (Å²) in [5, 5.41) is 4.40. The Bertz CT molecular complexity index is 954. The van der Waals surface area contributed by atoms with Gasteiger partial charge in [-0.05, 0) is 24.6 Å². The van der Waals surface area contributed by atoms with E-state index < -0.39 is 6.10 Å². The molecule has 6 heteroatoms. The number of nitrogens with zero attached hydrogens (tertiary/aromatic N) is 3. The van der Waals surface area contributed by atoms with E-state index in [2.05, 4.69) is 17.2 Å². The zero-order valence-electron chi connectivity index (χ0n) is 16.0. The van der Waals surface area contributed by atoms with Gasteiger partial charge in [0.1, 0.15) is 6.10 Å². The van der Waals surface area contributed by atoms with Gasteiger partial charge in [-0.25, -0.2) is 0 Å². The predicted molar refractivity (Wildman–Crippen MR) is 105 cm³/mol. The molecular weight excluding hydrogens is 354 g/mol. The number of hydrogen-bond acceptors (Lipinski definition) is 4. The maximum atomic E-state index is 12.9. The van der Waals surface area contributed by atoms with Crippen LogP contribution in [0.15, 0.2) is 67.0 Å². The standard InChI is InChI=1S/C22H23N3O3/c1-16-21(28-20-11-7-6-10-19(20)27-16)22(26)24(2)13-18-12-23-25(15-18)14-17-8-4-3-5-9-17/h3-12,15-16,21H,13-14H2,1-2H3/t16-,21+/m1/s1. The van der Waals surface area contributed by atoms with Crippen molar-refractivity contribution in [1.82, 2.24) is 14.7 Å². The van der Waals surface area contributed by atoms with Crippen molar-refractivity contribution in [3.05, 3.63) is 78.1 Å². The monoisotopic (exact) mass is 377 g/mol. The molecule has 4 rings (SSSR count). The summed E-state index contributed by atoms with van der Waals surface area (Å²) >= 11 is 0. The molecule has 6 nitrogen and oxygen atoms in total. The molecule has 0 spiro atoms. The third-order valence-corrected chi connectivity index (χ3v) is 4.76. The van der Waals surface area contributed by atoms with E-state index in [0.29, 0.717) is 24.6 Å². The van der Waals surface area contributed by atoms with Crippen molar-refractivity contribution >= 4 is 5.91 Å². The van der Waals surface area contributed by atoms with Crippen LogP contribution in [0.4, 0.5) is 0 Å². The molecule has 0 bridgehead atoms. The Kier molecular flexibility index (Phi) is 5.02. The van der Waals surface area contributed by atoms with E-state index in [9.17, 15) is 4.79 Å². The maximum Gasteiger partial charge on any atom is 0.267 e. The fourth-order valence-electron chi connectivity index (χ4n) is 3.30. The molecule has 0 fully saturated rings. The zero-order valence-corrected chi connectivity index (χ0v) is 16.0. The van der Waals surface area contributed by atoms with Gasteiger partial charge in [-0.2, -0.15) is 5.10 Å². The smallest absolute Gasteiger partial charge is 0.267 e. The van der Waals surface area contributed by atoms with Gasteiger partial charge in [0.15, 0.2) is 11.5 Å². The van der Waals surface area contributed by atoms with Crippen molar-refractivity contribution < 1.29 is 14.3 Å². The lowest BCUT2D eigenvalue weighted by atomic mass is 10.1. The average molecular weight is 377 g/mol. The Morgan fingerprint density at radius 3 is 2.46 bits per heavy atom. The molecule has 3 aromatic rings. The number of benzene rings is 2. The van der Waals surface area contributed by atoms with Gasteiger partial charge in [-0.3, -0.25) is 9.48 Å². The van der Waals surface area contributed by atoms with Crippen molar-refractivity contribution in [2.24, 2.45) is 0 Å². The van der Waals surface area contributed by atoms with Crippen LogP contribution in [0.1, 0.15) is 18.1 Å². The summed E-state index contributed by atoms with van der Waals surface area (Å²) in [6.45, 7) is 3.01. The SMILES string of the molecule is C[C@H]1Oc2ccccc2O[C@@H]1C(=O)N(C)Cc1cnn(Cc2ccccc2)c1. The summed E-state index contributed by atoms with van der Waals surface area (Å²) in [7, 11) is 1.77. The number of aromatic nitrogens is 2. The molecule has 2 heterocycles. The summed E-state index contributed by atoms with van der Waals surface area (Å²) in [4.78, 5) is 14.6. The van der Waals surface area contributed by atoms with E-state index in [1.54, 1.807) is 18.1 Å². The summed E-state index contributed by atoms with van der Waals surface area (Å²) in [6.07, 6.45) is 2.74. The Morgan fingerprint density at radius 1 is 1.04 bits per heavy atom. The third kappa shape index (κ3) is 3.86. The van der Waals surface area contributed by atoms with E-state index in [-0.39, 0.29) is 12.0 Å². The maximum absolute atomic E-state index is 12.9. The Hall–Kier alpha value is -3.28. The van der Waals surface area contributed by atoms with Crippen LogP contribution in [-0.4, -0.2) is 39.8 Å². The van der Waals surface area contributed by atoms with Crippen LogP contribution in [0.25, 0.3) is 0 Å². The first-order chi connectivity index (χ1) is 13.6. The second-order valence-electron chi connectivity index (χ2n) is 7.03. The number of carbonyl (C=O) groups is 1. The van der Waals surface area contributed by atoms with Crippen molar-refractivity contribution in [3.8, 4) is 11.5 Å². The quantitative estimate of drug-likeness (QED) is 0.686. The molecule has 0 saturated heterocycles. The fourth-order valence-corrected chi connectivity index (χ4v) is 3.30. The number of ether oxygens (including phenoxy) is 2. The molecule has 1 aliphatic heterocycles. The summed E-state index contributed by atoms with van der Waals surface area (Å²) < 4.78 is 13.6. The second kappa shape index (κ2) is 7.76. The largest absolute Gasteiger partial charge is 0.482 e. The molecule has 144 valence electrons. The third-order valence-electron chi connectivity index (χ3n) is 4.76. The molecule has 0 aliphatic carbocycles. The second-order valence-corrected chi connectivity index (χ2v) is 7.03. The highest BCUT2D eigenvalue weighted by Crippen LogP contribution is 2.33. The Labute approximate surface area is 164 Å². The first-order valence-electron chi connectivity index (χ1n) is 9.33.